The summed E-state index contributed by atoms with van der Waals surface area (Å²) in [4.78, 5) is 4.56. The van der Waals surface area contributed by atoms with Crippen molar-refractivity contribution < 1.29 is 9.47 Å². The molecule has 0 aliphatic heterocycles. The smallest absolute Gasteiger partial charge is 0.140 e. The predicted octanol–water partition coefficient (Wildman–Crippen LogP) is 6.05. The SMILES string of the molecule is CNCc1ccnc(-c2ccc(Oc3ccccc3)cc2Oc2ccccc2)c1. The maximum absolute atomic E-state index is 6.21. The van der Waals surface area contributed by atoms with Crippen LogP contribution in [0.2, 0.25) is 0 Å². The van der Waals surface area contributed by atoms with Crippen LogP contribution in [0.1, 0.15) is 5.56 Å². The lowest BCUT2D eigenvalue weighted by molar-refractivity contribution is 0.461. The van der Waals surface area contributed by atoms with Crippen molar-refractivity contribution in [2.24, 2.45) is 0 Å². The highest BCUT2D eigenvalue weighted by Gasteiger charge is 2.12. The van der Waals surface area contributed by atoms with Crippen molar-refractivity contribution in [3.63, 3.8) is 0 Å². The van der Waals surface area contributed by atoms with Crippen LogP contribution in [-0.2, 0) is 6.54 Å². The quantitative estimate of drug-likeness (QED) is 0.422. The van der Waals surface area contributed by atoms with Crippen LogP contribution in [0.5, 0.6) is 23.0 Å². The van der Waals surface area contributed by atoms with Crippen LogP contribution in [0.15, 0.2) is 97.2 Å². The van der Waals surface area contributed by atoms with Gasteiger partial charge in [0.15, 0.2) is 0 Å². The van der Waals surface area contributed by atoms with E-state index in [1.807, 2.05) is 98.2 Å². The summed E-state index contributed by atoms with van der Waals surface area (Å²) in [5.74, 6) is 2.94. The van der Waals surface area contributed by atoms with Gasteiger partial charge in [-0.15, -0.1) is 0 Å². The van der Waals surface area contributed by atoms with Crippen LogP contribution < -0.4 is 14.8 Å². The number of aromatic nitrogens is 1. The van der Waals surface area contributed by atoms with Crippen LogP contribution in [0.4, 0.5) is 0 Å². The highest BCUT2D eigenvalue weighted by Crippen LogP contribution is 2.37. The zero-order chi connectivity index (χ0) is 19.9. The molecule has 0 bridgehead atoms. The number of nitrogens with zero attached hydrogens (tertiary/aromatic N) is 1. The Bertz CT molecular complexity index is 1070. The molecular weight excluding hydrogens is 360 g/mol. The molecule has 4 nitrogen and oxygen atoms in total. The van der Waals surface area contributed by atoms with Gasteiger partial charge in [0.25, 0.3) is 0 Å². The summed E-state index contributed by atoms with van der Waals surface area (Å²) in [6.07, 6.45) is 1.82. The maximum Gasteiger partial charge on any atom is 0.140 e. The maximum atomic E-state index is 6.21. The number of ether oxygens (including phenoxy) is 2. The molecule has 0 saturated heterocycles. The van der Waals surface area contributed by atoms with Gasteiger partial charge in [0.05, 0.1) is 5.69 Å². The normalized spacial score (nSPS) is 10.5. The molecule has 0 atom stereocenters. The molecule has 0 aliphatic rings. The van der Waals surface area contributed by atoms with Gasteiger partial charge < -0.3 is 14.8 Å². The second-order valence-corrected chi connectivity index (χ2v) is 6.57. The Kier molecular flexibility index (Phi) is 5.84. The van der Waals surface area contributed by atoms with Gasteiger partial charge in [0, 0.05) is 24.4 Å². The van der Waals surface area contributed by atoms with Crippen LogP contribution in [0, 0.1) is 0 Å². The Balaban J connectivity index is 1.72. The topological polar surface area (TPSA) is 43.4 Å². The van der Waals surface area contributed by atoms with Gasteiger partial charge in [-0.2, -0.15) is 0 Å². The molecule has 1 N–H and O–H groups in total. The summed E-state index contributed by atoms with van der Waals surface area (Å²) >= 11 is 0. The van der Waals surface area contributed by atoms with Gasteiger partial charge in [-0.3, -0.25) is 4.98 Å². The molecule has 0 saturated carbocycles. The number of benzene rings is 3. The Labute approximate surface area is 170 Å². The van der Waals surface area contributed by atoms with Crippen molar-refractivity contribution in [2.45, 2.75) is 6.54 Å². The molecule has 1 heterocycles. The largest absolute Gasteiger partial charge is 0.457 e. The fourth-order valence-corrected chi connectivity index (χ4v) is 3.04. The zero-order valence-corrected chi connectivity index (χ0v) is 16.2. The average molecular weight is 382 g/mol. The molecule has 0 radical (unpaired) electrons. The average Bonchev–Trinajstić information content (AvgIpc) is 2.76. The van der Waals surface area contributed by atoms with Gasteiger partial charge in [0.2, 0.25) is 0 Å². The van der Waals surface area contributed by atoms with Crippen LogP contribution in [0.3, 0.4) is 0 Å². The van der Waals surface area contributed by atoms with Crippen LogP contribution in [-0.4, -0.2) is 12.0 Å². The molecule has 4 rings (SSSR count). The molecule has 0 aliphatic carbocycles. The first-order valence-corrected chi connectivity index (χ1v) is 9.51. The van der Waals surface area contributed by atoms with Crippen molar-refractivity contribution >= 4 is 0 Å². The highest BCUT2D eigenvalue weighted by molar-refractivity contribution is 5.69. The second kappa shape index (κ2) is 9.04. The number of pyridine rings is 1. The second-order valence-electron chi connectivity index (χ2n) is 6.57. The highest BCUT2D eigenvalue weighted by atomic mass is 16.5. The molecule has 0 amide bonds. The monoisotopic (exact) mass is 382 g/mol. The summed E-state index contributed by atoms with van der Waals surface area (Å²) in [5.41, 5.74) is 2.93. The lowest BCUT2D eigenvalue weighted by Crippen LogP contribution is -2.05. The van der Waals surface area contributed by atoms with Crippen molar-refractivity contribution in [3.8, 4) is 34.3 Å². The van der Waals surface area contributed by atoms with E-state index in [0.29, 0.717) is 11.5 Å². The lowest BCUT2D eigenvalue weighted by Gasteiger charge is -2.14. The van der Waals surface area contributed by atoms with Gasteiger partial charge in [0.1, 0.15) is 23.0 Å². The summed E-state index contributed by atoms with van der Waals surface area (Å²) in [6, 6.07) is 29.3. The van der Waals surface area contributed by atoms with Gasteiger partial charge >= 0.3 is 0 Å². The van der Waals surface area contributed by atoms with Crippen LogP contribution in [0.25, 0.3) is 11.3 Å². The number of hydrogen-bond acceptors (Lipinski definition) is 4. The van der Waals surface area contributed by atoms with E-state index in [1.54, 1.807) is 0 Å². The van der Waals surface area contributed by atoms with E-state index >= 15 is 0 Å². The van der Waals surface area contributed by atoms with E-state index in [1.165, 1.54) is 0 Å². The minimum absolute atomic E-state index is 0.693. The minimum Gasteiger partial charge on any atom is -0.457 e. The first-order chi connectivity index (χ1) is 14.3. The first kappa shape index (κ1) is 18.7. The first-order valence-electron chi connectivity index (χ1n) is 9.51. The predicted molar refractivity (Wildman–Crippen MR) is 115 cm³/mol. The summed E-state index contributed by atoms with van der Waals surface area (Å²) in [7, 11) is 1.93. The fourth-order valence-electron chi connectivity index (χ4n) is 3.04. The standard InChI is InChI=1S/C25H22N2O2/c1-26-18-19-14-15-27-24(16-19)23-13-12-22(28-20-8-4-2-5-9-20)17-25(23)29-21-10-6-3-7-11-21/h2-17,26H,18H2,1H3. The molecule has 29 heavy (non-hydrogen) atoms. The minimum atomic E-state index is 0.693. The summed E-state index contributed by atoms with van der Waals surface area (Å²) in [6.45, 7) is 0.777. The Morgan fingerprint density at radius 1 is 0.724 bits per heavy atom. The van der Waals surface area contributed by atoms with Crippen LogP contribution >= 0.6 is 0 Å². The molecule has 4 aromatic rings. The van der Waals surface area contributed by atoms with E-state index in [9.17, 15) is 0 Å². The van der Waals surface area contributed by atoms with E-state index in [4.69, 9.17) is 9.47 Å². The van der Waals surface area contributed by atoms with E-state index < -0.39 is 0 Å². The molecule has 3 aromatic carbocycles. The Morgan fingerprint density at radius 3 is 2.10 bits per heavy atom. The Hall–Kier alpha value is -3.63. The summed E-state index contributed by atoms with van der Waals surface area (Å²) < 4.78 is 12.2. The third kappa shape index (κ3) is 4.81. The number of para-hydroxylation sites is 2. The van der Waals surface area contributed by atoms with Gasteiger partial charge in [-0.1, -0.05) is 36.4 Å². The fraction of sp³-hybridized carbons (Fsp3) is 0.0800. The molecule has 0 fully saturated rings. The van der Waals surface area contributed by atoms with Gasteiger partial charge in [-0.05, 0) is 61.1 Å². The van der Waals surface area contributed by atoms with E-state index in [0.717, 1.165) is 34.9 Å². The van der Waals surface area contributed by atoms with Gasteiger partial charge in [-0.25, -0.2) is 0 Å². The van der Waals surface area contributed by atoms with Crippen molar-refractivity contribution in [1.82, 2.24) is 10.3 Å². The molecule has 0 spiro atoms. The molecule has 1 aromatic heterocycles. The third-order valence-electron chi connectivity index (χ3n) is 4.38. The molecular formula is C25H22N2O2. The van der Waals surface area contributed by atoms with Crippen molar-refractivity contribution in [1.29, 1.82) is 0 Å². The zero-order valence-electron chi connectivity index (χ0n) is 16.2. The Morgan fingerprint density at radius 2 is 1.41 bits per heavy atom. The molecule has 4 heteroatoms. The van der Waals surface area contributed by atoms with Crippen molar-refractivity contribution in [3.05, 3.63) is 103 Å². The molecule has 0 unspecified atom stereocenters. The third-order valence-corrected chi connectivity index (χ3v) is 4.38. The van der Waals surface area contributed by atoms with Crippen molar-refractivity contribution in [2.75, 3.05) is 7.05 Å². The summed E-state index contributed by atoms with van der Waals surface area (Å²) in [5, 5.41) is 3.17. The molecule has 144 valence electrons. The number of rotatable bonds is 7. The van der Waals surface area contributed by atoms with E-state index in [2.05, 4.69) is 16.4 Å². The van der Waals surface area contributed by atoms with E-state index in [-0.39, 0.29) is 0 Å². The number of nitrogens with one attached hydrogen (secondary N) is 1. The lowest BCUT2D eigenvalue weighted by atomic mass is 10.1. The number of hydrogen-bond donors (Lipinski definition) is 1.